The molecule has 2 N–H and O–H groups in total. The van der Waals surface area contributed by atoms with Crippen molar-refractivity contribution in [2.24, 2.45) is 0 Å². The van der Waals surface area contributed by atoms with E-state index < -0.39 is 11.9 Å². The summed E-state index contributed by atoms with van der Waals surface area (Å²) in [5.74, 6) is -0.994. The Morgan fingerprint density at radius 1 is 0.838 bits per heavy atom. The van der Waals surface area contributed by atoms with Crippen LogP contribution in [0.4, 0.5) is 10.5 Å². The minimum atomic E-state index is -0.671. The van der Waals surface area contributed by atoms with Crippen molar-refractivity contribution < 1.29 is 19.2 Å². The van der Waals surface area contributed by atoms with E-state index in [2.05, 4.69) is 22.8 Å². The van der Waals surface area contributed by atoms with Gasteiger partial charge < -0.3 is 15.1 Å². The Balaban J connectivity index is 1.22. The number of urea groups is 1. The maximum absolute atomic E-state index is 13.6. The molecule has 3 aromatic carbocycles. The minimum absolute atomic E-state index is 0.102. The van der Waals surface area contributed by atoms with Gasteiger partial charge in [0.2, 0.25) is 11.8 Å². The number of fused-ring (bicyclic) bond motifs is 2. The first-order valence-electron chi connectivity index (χ1n) is 12.4. The molecule has 3 aliphatic rings. The van der Waals surface area contributed by atoms with Gasteiger partial charge >= 0.3 is 6.03 Å². The highest BCUT2D eigenvalue weighted by Crippen LogP contribution is 2.34. The van der Waals surface area contributed by atoms with Crippen molar-refractivity contribution in [3.05, 3.63) is 101 Å². The summed E-state index contributed by atoms with van der Waals surface area (Å²) in [5, 5.41) is 5.35. The van der Waals surface area contributed by atoms with Crippen LogP contribution in [0.3, 0.4) is 0 Å². The number of hydrogen-bond acceptors (Lipinski definition) is 4. The first-order valence-corrected chi connectivity index (χ1v) is 12.4. The maximum Gasteiger partial charge on any atom is 0.322 e. The number of nitrogens with one attached hydrogen (secondary N) is 2. The van der Waals surface area contributed by atoms with Gasteiger partial charge in [-0.05, 0) is 53.3 Å². The van der Waals surface area contributed by atoms with E-state index in [9.17, 15) is 19.2 Å². The largest absolute Gasteiger partial charge is 0.322 e. The SMILES string of the molecule is O=C1CCC(N2Cc3cc(NC(=O)N4Cc5ccccc5CC4c4ccccc4)ccc3C2=O)C(=O)N1. The Labute approximate surface area is 214 Å². The van der Waals surface area contributed by atoms with E-state index in [1.165, 1.54) is 10.5 Å². The number of carbonyl (C=O) groups excluding carboxylic acids is 4. The highest BCUT2D eigenvalue weighted by atomic mass is 16.2. The Bertz CT molecular complexity index is 1420. The number of amides is 5. The molecule has 8 nitrogen and oxygen atoms in total. The molecule has 3 aromatic rings. The molecule has 6 rings (SSSR count). The summed E-state index contributed by atoms with van der Waals surface area (Å²) in [7, 11) is 0. The normalized spacial score (nSPS) is 20.8. The smallest absolute Gasteiger partial charge is 0.322 e. The number of rotatable bonds is 3. The molecule has 1 fully saturated rings. The van der Waals surface area contributed by atoms with Crippen molar-refractivity contribution in [2.45, 2.75) is 44.4 Å². The average Bonchev–Trinajstić information content (AvgIpc) is 3.23. The van der Waals surface area contributed by atoms with E-state index in [0.717, 1.165) is 23.1 Å². The predicted molar refractivity (Wildman–Crippen MR) is 136 cm³/mol. The van der Waals surface area contributed by atoms with Crippen molar-refractivity contribution in [3.63, 3.8) is 0 Å². The van der Waals surface area contributed by atoms with Crippen LogP contribution in [-0.2, 0) is 29.1 Å². The van der Waals surface area contributed by atoms with Gasteiger partial charge in [-0.15, -0.1) is 0 Å². The molecule has 186 valence electrons. The van der Waals surface area contributed by atoms with E-state index in [-0.39, 0.29) is 36.9 Å². The van der Waals surface area contributed by atoms with Gasteiger partial charge in [-0.3, -0.25) is 19.7 Å². The summed E-state index contributed by atoms with van der Waals surface area (Å²) in [4.78, 5) is 53.7. The number of imide groups is 1. The van der Waals surface area contributed by atoms with Crippen LogP contribution < -0.4 is 10.6 Å². The number of nitrogens with zero attached hydrogens (tertiary/aromatic N) is 2. The number of anilines is 1. The zero-order valence-electron chi connectivity index (χ0n) is 20.1. The fraction of sp³-hybridized carbons (Fsp3) is 0.241. The summed E-state index contributed by atoms with van der Waals surface area (Å²) in [6.45, 7) is 0.752. The zero-order valence-corrected chi connectivity index (χ0v) is 20.1. The van der Waals surface area contributed by atoms with Gasteiger partial charge in [0, 0.05) is 30.8 Å². The lowest BCUT2D eigenvalue weighted by Crippen LogP contribution is -2.52. The lowest BCUT2D eigenvalue weighted by atomic mass is 9.90. The summed E-state index contributed by atoms with van der Waals surface area (Å²) in [5.41, 5.74) is 5.29. The minimum Gasteiger partial charge on any atom is -0.322 e. The lowest BCUT2D eigenvalue weighted by molar-refractivity contribution is -0.136. The van der Waals surface area contributed by atoms with Gasteiger partial charge in [0.15, 0.2) is 0 Å². The van der Waals surface area contributed by atoms with Crippen LogP contribution in [0.2, 0.25) is 0 Å². The first kappa shape index (κ1) is 23.0. The Morgan fingerprint density at radius 2 is 1.59 bits per heavy atom. The number of carbonyl (C=O) groups is 4. The molecule has 0 spiro atoms. The molecule has 2 unspecified atom stereocenters. The predicted octanol–water partition coefficient (Wildman–Crippen LogP) is 3.78. The average molecular weight is 495 g/mol. The molecule has 0 aromatic heterocycles. The molecule has 0 saturated carbocycles. The molecule has 8 heteroatoms. The van der Waals surface area contributed by atoms with Crippen molar-refractivity contribution in [2.75, 3.05) is 5.32 Å². The number of hydrogen-bond donors (Lipinski definition) is 2. The van der Waals surface area contributed by atoms with E-state index in [1.54, 1.807) is 18.2 Å². The quantitative estimate of drug-likeness (QED) is 0.542. The molecule has 0 radical (unpaired) electrons. The van der Waals surface area contributed by atoms with Crippen LogP contribution in [0.25, 0.3) is 0 Å². The van der Waals surface area contributed by atoms with Gasteiger partial charge in [-0.2, -0.15) is 0 Å². The van der Waals surface area contributed by atoms with E-state index in [1.807, 2.05) is 47.4 Å². The van der Waals surface area contributed by atoms with Crippen LogP contribution in [0.5, 0.6) is 0 Å². The van der Waals surface area contributed by atoms with Crippen LogP contribution >= 0.6 is 0 Å². The summed E-state index contributed by atoms with van der Waals surface area (Å²) < 4.78 is 0. The molecular weight excluding hydrogens is 468 g/mol. The van der Waals surface area contributed by atoms with Gasteiger partial charge in [-0.1, -0.05) is 54.6 Å². The standard InChI is InChI=1S/C29H26N4O4/c34-26-13-12-24(27(35)31-26)32-17-21-14-22(10-11-23(21)28(32)36)30-29(37)33-16-20-9-5-4-8-19(20)15-25(33)18-6-2-1-3-7-18/h1-11,14,24-25H,12-13,15-17H2,(H,30,37)(H,31,34,35). The highest BCUT2D eigenvalue weighted by molar-refractivity contribution is 6.05. The molecule has 37 heavy (non-hydrogen) atoms. The fourth-order valence-electron chi connectivity index (χ4n) is 5.56. The van der Waals surface area contributed by atoms with Crippen molar-refractivity contribution >= 4 is 29.4 Å². The Morgan fingerprint density at radius 3 is 2.38 bits per heavy atom. The van der Waals surface area contributed by atoms with Crippen LogP contribution in [-0.4, -0.2) is 39.6 Å². The van der Waals surface area contributed by atoms with Gasteiger partial charge in [0.05, 0.1) is 6.04 Å². The second kappa shape index (κ2) is 9.20. The van der Waals surface area contributed by atoms with Crippen molar-refractivity contribution in [3.8, 4) is 0 Å². The molecule has 3 aliphatic heterocycles. The Kier molecular flexibility index (Phi) is 5.71. The van der Waals surface area contributed by atoms with Crippen LogP contribution in [0.15, 0.2) is 72.8 Å². The first-order chi connectivity index (χ1) is 18.0. The highest BCUT2D eigenvalue weighted by Gasteiger charge is 2.39. The van der Waals surface area contributed by atoms with Crippen LogP contribution in [0.1, 0.15) is 51.5 Å². The summed E-state index contributed by atoms with van der Waals surface area (Å²) in [6, 6.07) is 22.4. The second-order valence-electron chi connectivity index (χ2n) is 9.73. The third-order valence-electron chi connectivity index (χ3n) is 7.47. The molecule has 1 saturated heterocycles. The second-order valence-corrected chi connectivity index (χ2v) is 9.73. The summed E-state index contributed by atoms with van der Waals surface area (Å²) in [6.07, 6.45) is 1.25. The summed E-state index contributed by atoms with van der Waals surface area (Å²) >= 11 is 0. The fourth-order valence-corrected chi connectivity index (χ4v) is 5.56. The molecule has 2 atom stereocenters. The van der Waals surface area contributed by atoms with Crippen molar-refractivity contribution in [1.82, 2.24) is 15.1 Å². The molecular formula is C29H26N4O4. The third-order valence-corrected chi connectivity index (χ3v) is 7.47. The van der Waals surface area contributed by atoms with E-state index in [0.29, 0.717) is 24.2 Å². The topological polar surface area (TPSA) is 98.8 Å². The van der Waals surface area contributed by atoms with Crippen molar-refractivity contribution in [1.29, 1.82) is 0 Å². The number of piperidine rings is 1. The van der Waals surface area contributed by atoms with Gasteiger partial charge in [0.25, 0.3) is 5.91 Å². The lowest BCUT2D eigenvalue weighted by Gasteiger charge is -2.37. The monoisotopic (exact) mass is 494 g/mol. The maximum atomic E-state index is 13.6. The third kappa shape index (κ3) is 4.24. The van der Waals surface area contributed by atoms with E-state index >= 15 is 0 Å². The molecule has 3 heterocycles. The zero-order chi connectivity index (χ0) is 25.5. The van der Waals surface area contributed by atoms with Crippen LogP contribution in [0, 0.1) is 0 Å². The number of benzene rings is 3. The molecule has 0 bridgehead atoms. The van der Waals surface area contributed by atoms with E-state index in [4.69, 9.17) is 0 Å². The molecule has 5 amide bonds. The van der Waals surface area contributed by atoms with Gasteiger partial charge in [0.1, 0.15) is 6.04 Å². The van der Waals surface area contributed by atoms with Gasteiger partial charge in [-0.25, -0.2) is 4.79 Å². The Hall–Kier alpha value is -4.46. The molecule has 0 aliphatic carbocycles.